The maximum atomic E-state index is 10.9. The highest BCUT2D eigenvalue weighted by atomic mass is 16.5. The first-order valence-corrected chi connectivity index (χ1v) is 4.29. The minimum absolute atomic E-state index is 0.279. The van der Waals surface area contributed by atoms with Crippen molar-refractivity contribution in [1.82, 2.24) is 5.32 Å². The van der Waals surface area contributed by atoms with E-state index in [1.165, 1.54) is 6.08 Å². The second-order valence-corrected chi connectivity index (χ2v) is 2.51. The highest BCUT2D eigenvalue weighted by Gasteiger charge is 1.95. The standard InChI is InChI=1S/C9H17NO2/c1-4-6-10-8(3)7-9(11)12-5-2/h7,10H,4-6H2,1-3H3/b8-7-. The van der Waals surface area contributed by atoms with Gasteiger partial charge in [0.1, 0.15) is 0 Å². The summed E-state index contributed by atoms with van der Waals surface area (Å²) in [7, 11) is 0. The first-order valence-electron chi connectivity index (χ1n) is 4.29. The van der Waals surface area contributed by atoms with E-state index < -0.39 is 0 Å². The fourth-order valence-electron chi connectivity index (χ4n) is 0.734. The molecule has 0 unspecified atom stereocenters. The largest absolute Gasteiger partial charge is 0.463 e. The third-order valence-electron chi connectivity index (χ3n) is 1.27. The molecular weight excluding hydrogens is 154 g/mol. The number of ether oxygens (including phenoxy) is 1. The zero-order chi connectivity index (χ0) is 9.40. The van der Waals surface area contributed by atoms with E-state index in [1.807, 2.05) is 6.92 Å². The molecule has 0 radical (unpaired) electrons. The number of hydrogen-bond acceptors (Lipinski definition) is 3. The zero-order valence-electron chi connectivity index (χ0n) is 8.02. The molecule has 0 aromatic rings. The van der Waals surface area contributed by atoms with Crippen LogP contribution in [0.3, 0.4) is 0 Å². The molecule has 0 heterocycles. The van der Waals surface area contributed by atoms with Gasteiger partial charge in [-0.1, -0.05) is 6.92 Å². The molecule has 0 spiro atoms. The Kier molecular flexibility index (Phi) is 6.15. The lowest BCUT2D eigenvalue weighted by Gasteiger charge is -2.03. The zero-order valence-corrected chi connectivity index (χ0v) is 8.02. The smallest absolute Gasteiger partial charge is 0.332 e. The van der Waals surface area contributed by atoms with Gasteiger partial charge < -0.3 is 10.1 Å². The van der Waals surface area contributed by atoms with Crippen LogP contribution in [0.4, 0.5) is 0 Å². The average Bonchev–Trinajstić information content (AvgIpc) is 2.01. The van der Waals surface area contributed by atoms with Crippen LogP contribution in [-0.4, -0.2) is 19.1 Å². The monoisotopic (exact) mass is 171 g/mol. The second kappa shape index (κ2) is 6.70. The van der Waals surface area contributed by atoms with Crippen LogP contribution in [0.1, 0.15) is 27.2 Å². The number of carbonyl (C=O) groups is 1. The molecule has 0 aliphatic carbocycles. The molecule has 0 rings (SSSR count). The van der Waals surface area contributed by atoms with Crippen LogP contribution in [0.2, 0.25) is 0 Å². The van der Waals surface area contributed by atoms with Crippen molar-refractivity contribution in [1.29, 1.82) is 0 Å². The van der Waals surface area contributed by atoms with E-state index >= 15 is 0 Å². The van der Waals surface area contributed by atoms with E-state index in [-0.39, 0.29) is 5.97 Å². The Balaban J connectivity index is 3.72. The van der Waals surface area contributed by atoms with Crippen molar-refractivity contribution in [2.45, 2.75) is 27.2 Å². The second-order valence-electron chi connectivity index (χ2n) is 2.51. The summed E-state index contributed by atoms with van der Waals surface area (Å²) in [5, 5.41) is 3.08. The van der Waals surface area contributed by atoms with Crippen molar-refractivity contribution in [3.8, 4) is 0 Å². The SMILES string of the molecule is CCCN/C(C)=C\C(=O)OCC. The fraction of sp³-hybridized carbons (Fsp3) is 0.667. The van der Waals surface area contributed by atoms with Gasteiger partial charge in [0.15, 0.2) is 0 Å². The number of allylic oxidation sites excluding steroid dienone is 1. The molecule has 12 heavy (non-hydrogen) atoms. The number of carbonyl (C=O) groups excluding carboxylic acids is 1. The number of rotatable bonds is 5. The predicted octanol–water partition coefficient (Wildman–Crippen LogP) is 1.45. The Morgan fingerprint density at radius 3 is 2.67 bits per heavy atom. The number of esters is 1. The molecule has 0 aromatic heterocycles. The van der Waals surface area contributed by atoms with Gasteiger partial charge in [0.05, 0.1) is 6.61 Å². The quantitative estimate of drug-likeness (QED) is 0.502. The van der Waals surface area contributed by atoms with Crippen molar-refractivity contribution in [2.75, 3.05) is 13.2 Å². The predicted molar refractivity (Wildman–Crippen MR) is 48.7 cm³/mol. The lowest BCUT2D eigenvalue weighted by molar-refractivity contribution is -0.137. The summed E-state index contributed by atoms with van der Waals surface area (Å²) in [4.78, 5) is 10.9. The van der Waals surface area contributed by atoms with Gasteiger partial charge in [-0.25, -0.2) is 4.79 Å². The van der Waals surface area contributed by atoms with E-state index in [0.29, 0.717) is 6.61 Å². The Hall–Kier alpha value is -0.990. The molecule has 3 heteroatoms. The lowest BCUT2D eigenvalue weighted by atomic mass is 10.4. The van der Waals surface area contributed by atoms with Crippen molar-refractivity contribution < 1.29 is 9.53 Å². The summed E-state index contributed by atoms with van der Waals surface area (Å²) >= 11 is 0. The van der Waals surface area contributed by atoms with Gasteiger partial charge in [-0.15, -0.1) is 0 Å². The van der Waals surface area contributed by atoms with Crippen LogP contribution < -0.4 is 5.32 Å². The Morgan fingerprint density at radius 1 is 1.50 bits per heavy atom. The molecule has 0 aliphatic heterocycles. The summed E-state index contributed by atoms with van der Waals surface area (Å²) < 4.78 is 4.74. The molecule has 70 valence electrons. The van der Waals surface area contributed by atoms with Crippen molar-refractivity contribution in [3.63, 3.8) is 0 Å². The van der Waals surface area contributed by atoms with Gasteiger partial charge in [0.2, 0.25) is 0 Å². The fourth-order valence-corrected chi connectivity index (χ4v) is 0.734. The van der Waals surface area contributed by atoms with E-state index in [0.717, 1.165) is 18.7 Å². The first-order chi connectivity index (χ1) is 5.70. The maximum absolute atomic E-state index is 10.9. The van der Waals surface area contributed by atoms with Crippen LogP contribution in [0.15, 0.2) is 11.8 Å². The van der Waals surface area contributed by atoms with Gasteiger partial charge in [0, 0.05) is 18.3 Å². The molecule has 3 nitrogen and oxygen atoms in total. The van der Waals surface area contributed by atoms with Crippen LogP contribution >= 0.6 is 0 Å². The third-order valence-corrected chi connectivity index (χ3v) is 1.27. The van der Waals surface area contributed by atoms with Crippen LogP contribution in [0.5, 0.6) is 0 Å². The van der Waals surface area contributed by atoms with Crippen LogP contribution in [0, 0.1) is 0 Å². The van der Waals surface area contributed by atoms with Gasteiger partial charge >= 0.3 is 5.97 Å². The molecule has 0 amide bonds. The van der Waals surface area contributed by atoms with Crippen LogP contribution in [-0.2, 0) is 9.53 Å². The van der Waals surface area contributed by atoms with E-state index in [2.05, 4.69) is 12.2 Å². The summed E-state index contributed by atoms with van der Waals surface area (Å²) in [5.74, 6) is -0.279. The van der Waals surface area contributed by atoms with Gasteiger partial charge in [-0.3, -0.25) is 0 Å². The highest BCUT2D eigenvalue weighted by Crippen LogP contribution is 1.89. The Bertz CT molecular complexity index is 164. The molecular formula is C9H17NO2. The molecule has 0 atom stereocenters. The molecule has 0 saturated carbocycles. The summed E-state index contributed by atoms with van der Waals surface area (Å²) in [6.07, 6.45) is 2.52. The normalized spacial score (nSPS) is 11.1. The Labute approximate surface area is 73.8 Å². The average molecular weight is 171 g/mol. The van der Waals surface area contributed by atoms with Crippen LogP contribution in [0.25, 0.3) is 0 Å². The Morgan fingerprint density at radius 2 is 2.17 bits per heavy atom. The molecule has 0 fully saturated rings. The highest BCUT2D eigenvalue weighted by molar-refractivity contribution is 5.82. The molecule has 0 aliphatic rings. The number of hydrogen-bond donors (Lipinski definition) is 1. The topological polar surface area (TPSA) is 38.3 Å². The van der Waals surface area contributed by atoms with E-state index in [9.17, 15) is 4.79 Å². The first kappa shape index (κ1) is 11.0. The van der Waals surface area contributed by atoms with Gasteiger partial charge in [0.25, 0.3) is 0 Å². The van der Waals surface area contributed by atoms with Crippen molar-refractivity contribution >= 4 is 5.97 Å². The van der Waals surface area contributed by atoms with Gasteiger partial charge in [-0.05, 0) is 20.3 Å². The molecule has 0 aromatic carbocycles. The summed E-state index contributed by atoms with van der Waals surface area (Å²) in [6, 6.07) is 0. The van der Waals surface area contributed by atoms with Crippen molar-refractivity contribution in [3.05, 3.63) is 11.8 Å². The minimum atomic E-state index is -0.279. The molecule has 0 saturated heterocycles. The van der Waals surface area contributed by atoms with E-state index in [4.69, 9.17) is 4.74 Å². The van der Waals surface area contributed by atoms with E-state index in [1.54, 1.807) is 6.92 Å². The molecule has 0 bridgehead atoms. The molecule has 1 N–H and O–H groups in total. The van der Waals surface area contributed by atoms with Gasteiger partial charge in [-0.2, -0.15) is 0 Å². The summed E-state index contributed by atoms with van der Waals surface area (Å²) in [6.45, 7) is 7.04. The minimum Gasteiger partial charge on any atom is -0.463 e. The maximum Gasteiger partial charge on any atom is 0.332 e. The van der Waals surface area contributed by atoms with Crippen molar-refractivity contribution in [2.24, 2.45) is 0 Å². The summed E-state index contributed by atoms with van der Waals surface area (Å²) in [5.41, 5.74) is 0.857. The lowest BCUT2D eigenvalue weighted by Crippen LogP contribution is -2.13. The third kappa shape index (κ3) is 5.77. The number of nitrogens with one attached hydrogen (secondary N) is 1.